The summed E-state index contributed by atoms with van der Waals surface area (Å²) in [7, 11) is -3.67. The van der Waals surface area contributed by atoms with E-state index in [1.54, 1.807) is 35.7 Å². The summed E-state index contributed by atoms with van der Waals surface area (Å²) >= 11 is 1.11. The van der Waals surface area contributed by atoms with Crippen LogP contribution in [0.15, 0.2) is 76.4 Å². The van der Waals surface area contributed by atoms with Crippen LogP contribution in [0.4, 0.5) is 13.2 Å². The first-order valence-electron chi connectivity index (χ1n) is 11.9. The zero-order chi connectivity index (χ0) is 27.4. The van der Waals surface area contributed by atoms with Gasteiger partial charge in [0.05, 0.1) is 11.9 Å². The standard InChI is InChI=1S/C26H20F3N5O3S2/c27-26(28,29)22-15-21(19-8-3-6-17-5-1-2-7-18(17)19)31-24-20(16-30-34(22)24)25(35)32-10-12-33(13-11-32)39(36,37)23-9-4-14-38-23/h1-9,14-16H,10-13H2. The van der Waals surface area contributed by atoms with Gasteiger partial charge < -0.3 is 4.90 Å². The van der Waals surface area contributed by atoms with Crippen LogP contribution in [0.25, 0.3) is 27.7 Å². The van der Waals surface area contributed by atoms with Crippen molar-refractivity contribution in [2.24, 2.45) is 0 Å². The third-order valence-corrected chi connectivity index (χ3v) is 9.95. The molecule has 0 atom stereocenters. The highest BCUT2D eigenvalue weighted by Gasteiger charge is 2.37. The van der Waals surface area contributed by atoms with Crippen LogP contribution in [0.1, 0.15) is 16.1 Å². The van der Waals surface area contributed by atoms with Crippen molar-refractivity contribution in [1.29, 1.82) is 0 Å². The number of rotatable bonds is 4. The number of fused-ring (bicyclic) bond motifs is 2. The smallest absolute Gasteiger partial charge is 0.336 e. The predicted octanol–water partition coefficient (Wildman–Crippen LogP) is 4.78. The molecule has 5 aromatic rings. The summed E-state index contributed by atoms with van der Waals surface area (Å²) in [5.41, 5.74) is -0.800. The first-order chi connectivity index (χ1) is 18.6. The highest BCUT2D eigenvalue weighted by atomic mass is 32.2. The second kappa shape index (κ2) is 9.43. The van der Waals surface area contributed by atoms with Crippen molar-refractivity contribution in [3.8, 4) is 11.3 Å². The van der Waals surface area contributed by atoms with Crippen LogP contribution in [-0.4, -0.2) is 64.3 Å². The number of halogens is 3. The number of carbonyl (C=O) groups is 1. The van der Waals surface area contributed by atoms with E-state index in [0.717, 1.165) is 34.4 Å². The van der Waals surface area contributed by atoms with Gasteiger partial charge in [0.15, 0.2) is 11.3 Å². The molecule has 6 rings (SSSR count). The molecule has 0 spiro atoms. The van der Waals surface area contributed by atoms with Crippen molar-refractivity contribution < 1.29 is 26.4 Å². The Labute approximate surface area is 225 Å². The minimum absolute atomic E-state index is 0.0630. The lowest BCUT2D eigenvalue weighted by molar-refractivity contribution is -0.142. The molecule has 0 radical (unpaired) electrons. The molecular formula is C26H20F3N5O3S2. The number of alkyl halides is 3. The molecule has 1 amide bonds. The highest BCUT2D eigenvalue weighted by molar-refractivity contribution is 7.91. The van der Waals surface area contributed by atoms with Gasteiger partial charge in [-0.25, -0.2) is 17.9 Å². The van der Waals surface area contributed by atoms with Crippen molar-refractivity contribution in [3.05, 3.63) is 83.5 Å². The van der Waals surface area contributed by atoms with Crippen LogP contribution in [0.2, 0.25) is 0 Å². The van der Waals surface area contributed by atoms with Crippen molar-refractivity contribution in [2.45, 2.75) is 10.4 Å². The topological polar surface area (TPSA) is 87.9 Å². The predicted molar refractivity (Wildman–Crippen MR) is 140 cm³/mol. The SMILES string of the molecule is O=C(c1cnn2c(C(F)(F)F)cc(-c3cccc4ccccc34)nc12)N1CCN(S(=O)(=O)c2cccs2)CC1. The number of amides is 1. The van der Waals surface area contributed by atoms with Gasteiger partial charge in [-0.1, -0.05) is 48.5 Å². The van der Waals surface area contributed by atoms with Crippen molar-refractivity contribution in [3.63, 3.8) is 0 Å². The van der Waals surface area contributed by atoms with E-state index >= 15 is 0 Å². The normalized spacial score (nSPS) is 15.3. The Morgan fingerprint density at radius 2 is 1.69 bits per heavy atom. The zero-order valence-electron chi connectivity index (χ0n) is 20.2. The van der Waals surface area contributed by atoms with E-state index in [0.29, 0.717) is 10.1 Å². The number of hydrogen-bond acceptors (Lipinski definition) is 6. The Kier molecular flexibility index (Phi) is 6.16. The minimum Gasteiger partial charge on any atom is -0.336 e. The van der Waals surface area contributed by atoms with Gasteiger partial charge in [-0.3, -0.25) is 4.79 Å². The molecule has 4 heterocycles. The summed E-state index contributed by atoms with van der Waals surface area (Å²) in [4.78, 5) is 19.4. The van der Waals surface area contributed by atoms with Gasteiger partial charge in [-0.05, 0) is 28.3 Å². The number of carbonyl (C=O) groups excluding carboxylic acids is 1. The Morgan fingerprint density at radius 3 is 2.41 bits per heavy atom. The molecule has 8 nitrogen and oxygen atoms in total. The summed E-state index contributed by atoms with van der Waals surface area (Å²) in [6.07, 6.45) is -3.67. The van der Waals surface area contributed by atoms with E-state index in [-0.39, 0.29) is 47.3 Å². The molecule has 0 aliphatic carbocycles. The van der Waals surface area contributed by atoms with Crippen LogP contribution >= 0.6 is 11.3 Å². The maximum atomic E-state index is 14.1. The average Bonchev–Trinajstić information content (AvgIpc) is 3.62. The Morgan fingerprint density at radius 1 is 0.949 bits per heavy atom. The van der Waals surface area contributed by atoms with E-state index in [2.05, 4.69) is 10.1 Å². The van der Waals surface area contributed by atoms with Gasteiger partial charge in [0.1, 0.15) is 9.77 Å². The molecule has 0 unspecified atom stereocenters. The lowest BCUT2D eigenvalue weighted by Gasteiger charge is -2.33. The van der Waals surface area contributed by atoms with Crippen LogP contribution in [0.3, 0.4) is 0 Å². The summed E-state index contributed by atoms with van der Waals surface area (Å²) in [6, 6.07) is 16.7. The van der Waals surface area contributed by atoms with E-state index in [1.165, 1.54) is 15.3 Å². The number of sulfonamides is 1. The number of benzene rings is 2. The van der Waals surface area contributed by atoms with E-state index in [4.69, 9.17) is 0 Å². The second-order valence-corrected chi connectivity index (χ2v) is 12.1. The number of aromatic nitrogens is 3. The molecule has 0 saturated carbocycles. The lowest BCUT2D eigenvalue weighted by Crippen LogP contribution is -2.50. The fourth-order valence-corrected chi connectivity index (χ4v) is 7.31. The van der Waals surface area contributed by atoms with Gasteiger partial charge in [0, 0.05) is 31.7 Å². The largest absolute Gasteiger partial charge is 0.433 e. The summed E-state index contributed by atoms with van der Waals surface area (Å²) in [5.74, 6) is -0.561. The van der Waals surface area contributed by atoms with Gasteiger partial charge in [0.2, 0.25) is 0 Å². The van der Waals surface area contributed by atoms with Crippen LogP contribution < -0.4 is 0 Å². The average molecular weight is 572 g/mol. The van der Waals surface area contributed by atoms with Gasteiger partial charge in [0.25, 0.3) is 15.9 Å². The summed E-state index contributed by atoms with van der Waals surface area (Å²) in [5, 5.41) is 7.10. The molecule has 200 valence electrons. The molecular weight excluding hydrogens is 551 g/mol. The third-order valence-electron chi connectivity index (χ3n) is 6.67. The summed E-state index contributed by atoms with van der Waals surface area (Å²) in [6.45, 7) is 0.285. The van der Waals surface area contributed by atoms with Crippen LogP contribution in [0, 0.1) is 0 Å². The van der Waals surface area contributed by atoms with E-state index < -0.39 is 27.8 Å². The molecule has 1 aliphatic rings. The fourth-order valence-electron chi connectivity index (χ4n) is 4.74. The maximum Gasteiger partial charge on any atom is 0.433 e. The first-order valence-corrected chi connectivity index (χ1v) is 14.2. The molecule has 1 fully saturated rings. The van der Waals surface area contributed by atoms with Gasteiger partial charge in [-0.15, -0.1) is 11.3 Å². The molecule has 1 saturated heterocycles. The maximum absolute atomic E-state index is 14.1. The number of thiophene rings is 1. The van der Waals surface area contributed by atoms with Crippen LogP contribution in [0.5, 0.6) is 0 Å². The minimum atomic E-state index is -4.76. The van der Waals surface area contributed by atoms with E-state index in [1.807, 2.05) is 18.2 Å². The fraction of sp³-hybridized carbons (Fsp3) is 0.192. The lowest BCUT2D eigenvalue weighted by atomic mass is 10.0. The third kappa shape index (κ3) is 4.45. The number of hydrogen-bond donors (Lipinski definition) is 0. The zero-order valence-corrected chi connectivity index (χ0v) is 21.8. The van der Waals surface area contributed by atoms with Crippen molar-refractivity contribution in [2.75, 3.05) is 26.2 Å². The van der Waals surface area contributed by atoms with Crippen LogP contribution in [-0.2, 0) is 16.2 Å². The summed E-state index contributed by atoms with van der Waals surface area (Å²) < 4.78 is 70.2. The quantitative estimate of drug-likeness (QED) is 0.310. The molecule has 0 bridgehead atoms. The molecule has 1 aliphatic heterocycles. The Balaban J connectivity index is 1.37. The van der Waals surface area contributed by atoms with Crippen molar-refractivity contribution in [1.82, 2.24) is 23.8 Å². The van der Waals surface area contributed by atoms with E-state index in [9.17, 15) is 26.4 Å². The molecule has 13 heteroatoms. The molecule has 2 aromatic carbocycles. The molecule has 39 heavy (non-hydrogen) atoms. The second-order valence-electron chi connectivity index (χ2n) is 8.97. The molecule has 0 N–H and O–H groups in total. The monoisotopic (exact) mass is 571 g/mol. The number of nitrogens with zero attached hydrogens (tertiary/aromatic N) is 5. The Bertz CT molecular complexity index is 1800. The highest BCUT2D eigenvalue weighted by Crippen LogP contribution is 2.35. The first kappa shape index (κ1) is 25.5. The van der Waals surface area contributed by atoms with Gasteiger partial charge in [-0.2, -0.15) is 22.6 Å². The molecule has 3 aromatic heterocycles. The van der Waals surface area contributed by atoms with Crippen molar-refractivity contribution >= 4 is 43.7 Å². The Hall–Kier alpha value is -3.81. The number of piperazine rings is 1. The van der Waals surface area contributed by atoms with Gasteiger partial charge >= 0.3 is 6.18 Å².